The number of benzene rings is 1. The molecule has 0 amide bonds. The van der Waals surface area contributed by atoms with Crippen LogP contribution in [0.3, 0.4) is 0 Å². The smallest absolute Gasteiger partial charge is 0.160 e. The van der Waals surface area contributed by atoms with Crippen LogP contribution in [0.2, 0.25) is 0 Å². The number of pyridine rings is 1. The predicted molar refractivity (Wildman–Crippen MR) is 79.6 cm³/mol. The van der Waals surface area contributed by atoms with Crippen LogP contribution in [-0.2, 0) is 6.42 Å². The van der Waals surface area contributed by atoms with Crippen molar-refractivity contribution in [1.82, 2.24) is 4.98 Å². The number of phenols is 1. The summed E-state index contributed by atoms with van der Waals surface area (Å²) in [4.78, 5) is 4.43. The van der Waals surface area contributed by atoms with E-state index < -0.39 is 25.4 Å². The average Bonchev–Trinajstić information content (AvgIpc) is 3.38. The summed E-state index contributed by atoms with van der Waals surface area (Å²) in [7, 11) is 0. The molecule has 0 bridgehead atoms. The molecule has 2 unspecified atom stereocenters. The molecule has 1 aromatic heterocycles. The van der Waals surface area contributed by atoms with Crippen molar-refractivity contribution in [3.63, 3.8) is 0 Å². The Balaban J connectivity index is 2.21. The highest BCUT2D eigenvalue weighted by Crippen LogP contribution is 2.43. The van der Waals surface area contributed by atoms with Gasteiger partial charge in [0.1, 0.15) is 24.7 Å². The van der Waals surface area contributed by atoms with Crippen LogP contribution in [0.5, 0.6) is 5.75 Å². The van der Waals surface area contributed by atoms with Gasteiger partial charge in [-0.25, -0.2) is 13.2 Å². The highest BCUT2D eigenvalue weighted by Gasteiger charge is 2.32. The van der Waals surface area contributed by atoms with Crippen LogP contribution in [0.1, 0.15) is 35.6 Å². The Kier molecular flexibility index (Phi) is 4.12. The number of phenolic OH excluding ortho intramolecular Hbond substituents is 1. The molecule has 0 spiro atoms. The standard InChI is InChI=1S/C17H15F3N2O/c18-7-13(20)12(19)6-10-11(8-21)17(9-4-5-9)22-14-2-1-3-15(23)16(10)14/h1-3,9,12-13,23H,4-7H2. The number of nitriles is 1. The Labute approximate surface area is 131 Å². The van der Waals surface area contributed by atoms with Crippen molar-refractivity contribution in [2.24, 2.45) is 0 Å². The Bertz CT molecular complexity index is 783. The van der Waals surface area contributed by atoms with E-state index in [9.17, 15) is 23.5 Å². The molecule has 1 aliphatic rings. The number of hydrogen-bond donors (Lipinski definition) is 1. The van der Waals surface area contributed by atoms with Crippen molar-refractivity contribution in [3.05, 3.63) is 35.0 Å². The fourth-order valence-electron chi connectivity index (χ4n) is 2.80. The van der Waals surface area contributed by atoms with Gasteiger partial charge in [-0.1, -0.05) is 6.07 Å². The van der Waals surface area contributed by atoms with Crippen LogP contribution >= 0.6 is 0 Å². The lowest BCUT2D eigenvalue weighted by Gasteiger charge is -2.16. The van der Waals surface area contributed by atoms with Crippen LogP contribution in [-0.4, -0.2) is 29.1 Å². The number of alkyl halides is 3. The van der Waals surface area contributed by atoms with Gasteiger partial charge in [0.15, 0.2) is 6.17 Å². The Morgan fingerprint density at radius 2 is 2.04 bits per heavy atom. The van der Waals surface area contributed by atoms with Gasteiger partial charge in [0.05, 0.1) is 16.8 Å². The first-order valence-corrected chi connectivity index (χ1v) is 7.45. The molecule has 0 saturated heterocycles. The predicted octanol–water partition coefficient (Wildman–Crippen LogP) is 3.88. The second kappa shape index (κ2) is 6.07. The molecule has 0 radical (unpaired) electrons. The third kappa shape index (κ3) is 2.83. The van der Waals surface area contributed by atoms with E-state index in [-0.39, 0.29) is 28.2 Å². The average molecular weight is 320 g/mol. The Morgan fingerprint density at radius 1 is 1.30 bits per heavy atom. The van der Waals surface area contributed by atoms with Crippen molar-refractivity contribution < 1.29 is 18.3 Å². The summed E-state index contributed by atoms with van der Waals surface area (Å²) in [6, 6.07) is 6.67. The summed E-state index contributed by atoms with van der Waals surface area (Å²) in [5, 5.41) is 19.8. The van der Waals surface area contributed by atoms with Crippen molar-refractivity contribution >= 4 is 10.9 Å². The van der Waals surface area contributed by atoms with Crippen LogP contribution < -0.4 is 0 Å². The van der Waals surface area contributed by atoms with Gasteiger partial charge in [0, 0.05) is 17.7 Å². The lowest BCUT2D eigenvalue weighted by molar-refractivity contribution is 0.137. The first kappa shape index (κ1) is 15.6. The van der Waals surface area contributed by atoms with Crippen LogP contribution in [0.15, 0.2) is 18.2 Å². The summed E-state index contributed by atoms with van der Waals surface area (Å²) in [5.74, 6) is -0.0118. The number of halogens is 3. The molecule has 1 saturated carbocycles. The number of fused-ring (bicyclic) bond motifs is 1. The second-order valence-electron chi connectivity index (χ2n) is 5.80. The number of hydrogen-bond acceptors (Lipinski definition) is 3. The molecule has 2 atom stereocenters. The molecule has 2 aromatic rings. The minimum absolute atomic E-state index is 0.135. The Hall–Kier alpha value is -2.29. The van der Waals surface area contributed by atoms with Crippen LogP contribution in [0.4, 0.5) is 13.2 Å². The van der Waals surface area contributed by atoms with E-state index in [0.717, 1.165) is 12.8 Å². The highest BCUT2D eigenvalue weighted by molar-refractivity contribution is 5.90. The van der Waals surface area contributed by atoms with Gasteiger partial charge in [-0.15, -0.1) is 0 Å². The zero-order valence-corrected chi connectivity index (χ0v) is 12.3. The maximum Gasteiger partial charge on any atom is 0.160 e. The maximum atomic E-state index is 14.0. The first-order valence-electron chi connectivity index (χ1n) is 7.45. The molecule has 3 rings (SSSR count). The van der Waals surface area contributed by atoms with E-state index in [4.69, 9.17) is 0 Å². The minimum Gasteiger partial charge on any atom is -0.507 e. The lowest BCUT2D eigenvalue weighted by Crippen LogP contribution is -2.22. The third-order valence-corrected chi connectivity index (χ3v) is 4.14. The molecule has 1 aliphatic carbocycles. The number of aromatic nitrogens is 1. The van der Waals surface area contributed by atoms with Crippen molar-refractivity contribution in [2.75, 3.05) is 6.67 Å². The van der Waals surface area contributed by atoms with E-state index >= 15 is 0 Å². The quantitative estimate of drug-likeness (QED) is 0.909. The van der Waals surface area contributed by atoms with Gasteiger partial charge in [-0.2, -0.15) is 5.26 Å². The first-order chi connectivity index (χ1) is 11.1. The molecule has 1 aromatic carbocycles. The van der Waals surface area contributed by atoms with Gasteiger partial charge in [0.25, 0.3) is 0 Å². The number of aromatic hydroxyl groups is 1. The van der Waals surface area contributed by atoms with E-state index in [0.29, 0.717) is 11.2 Å². The topological polar surface area (TPSA) is 56.9 Å². The molecular weight excluding hydrogens is 305 g/mol. The normalized spacial score (nSPS) is 17.0. The molecule has 0 aliphatic heterocycles. The fraction of sp³-hybridized carbons (Fsp3) is 0.412. The SMILES string of the molecule is N#Cc1c(C2CC2)nc2cccc(O)c2c1CC(F)C(F)CF. The van der Waals surface area contributed by atoms with Crippen LogP contribution in [0, 0.1) is 11.3 Å². The third-order valence-electron chi connectivity index (χ3n) is 4.14. The number of nitrogens with zero attached hydrogens (tertiary/aromatic N) is 2. The van der Waals surface area contributed by atoms with Crippen LogP contribution in [0.25, 0.3) is 10.9 Å². The van der Waals surface area contributed by atoms with E-state index in [2.05, 4.69) is 4.98 Å². The molecule has 1 N–H and O–H groups in total. The highest BCUT2D eigenvalue weighted by atomic mass is 19.2. The molecule has 3 nitrogen and oxygen atoms in total. The second-order valence-corrected chi connectivity index (χ2v) is 5.80. The maximum absolute atomic E-state index is 14.0. The van der Waals surface area contributed by atoms with Gasteiger partial charge in [-0.05, 0) is 30.5 Å². The van der Waals surface area contributed by atoms with Crippen molar-refractivity contribution in [3.8, 4) is 11.8 Å². The van der Waals surface area contributed by atoms with Crippen molar-refractivity contribution in [1.29, 1.82) is 5.26 Å². The summed E-state index contributed by atoms with van der Waals surface area (Å²) in [5.41, 5.74) is 1.38. The molecular formula is C17H15F3N2O. The molecule has 120 valence electrons. The molecule has 6 heteroatoms. The van der Waals surface area contributed by atoms with Gasteiger partial charge < -0.3 is 5.11 Å². The summed E-state index contributed by atoms with van der Waals surface area (Å²) < 4.78 is 39.7. The minimum atomic E-state index is -2.25. The van der Waals surface area contributed by atoms with E-state index in [1.807, 2.05) is 6.07 Å². The zero-order valence-electron chi connectivity index (χ0n) is 12.3. The van der Waals surface area contributed by atoms with Gasteiger partial charge >= 0.3 is 0 Å². The number of rotatable bonds is 5. The molecule has 23 heavy (non-hydrogen) atoms. The van der Waals surface area contributed by atoms with E-state index in [1.165, 1.54) is 6.07 Å². The monoisotopic (exact) mass is 320 g/mol. The van der Waals surface area contributed by atoms with Gasteiger partial charge in [0.2, 0.25) is 0 Å². The molecule has 1 fully saturated rings. The summed E-state index contributed by atoms with van der Waals surface area (Å²) in [6.45, 7) is -1.42. The molecule has 1 heterocycles. The largest absolute Gasteiger partial charge is 0.507 e. The summed E-state index contributed by atoms with van der Waals surface area (Å²) >= 11 is 0. The zero-order chi connectivity index (χ0) is 16.6. The lowest BCUT2D eigenvalue weighted by atomic mass is 9.93. The van der Waals surface area contributed by atoms with Crippen molar-refractivity contribution in [2.45, 2.75) is 37.5 Å². The van der Waals surface area contributed by atoms with Gasteiger partial charge in [-0.3, -0.25) is 4.98 Å². The fourth-order valence-corrected chi connectivity index (χ4v) is 2.80. The summed E-state index contributed by atoms with van der Waals surface area (Å²) in [6.07, 6.45) is -3.02. The Morgan fingerprint density at radius 3 is 2.65 bits per heavy atom. The van der Waals surface area contributed by atoms with E-state index in [1.54, 1.807) is 12.1 Å².